The van der Waals surface area contributed by atoms with Gasteiger partial charge in [0.25, 0.3) is 11.8 Å². The molecule has 0 aromatic rings. The van der Waals surface area contributed by atoms with Crippen molar-refractivity contribution in [2.45, 2.75) is 52.1 Å². The molecule has 0 radical (unpaired) electrons. The van der Waals surface area contributed by atoms with Crippen LogP contribution < -0.4 is 5.32 Å². The Balaban J connectivity index is 1.46. The Morgan fingerprint density at radius 3 is 2.84 bits per heavy atom. The van der Waals surface area contributed by atoms with Crippen LogP contribution in [0, 0.1) is 11.8 Å². The lowest BCUT2D eigenvalue weighted by Gasteiger charge is -2.36. The molecule has 3 heterocycles. The first-order valence-corrected chi connectivity index (χ1v) is 11.3. The molecular formula is C25H31N3O3. The van der Waals surface area contributed by atoms with E-state index in [1.165, 1.54) is 11.1 Å². The predicted molar refractivity (Wildman–Crippen MR) is 119 cm³/mol. The zero-order valence-electron chi connectivity index (χ0n) is 18.3. The number of ketones is 1. The van der Waals surface area contributed by atoms with Gasteiger partial charge in [-0.15, -0.1) is 0 Å². The Labute approximate surface area is 184 Å². The topological polar surface area (TPSA) is 69.7 Å². The van der Waals surface area contributed by atoms with Crippen LogP contribution in [0.3, 0.4) is 0 Å². The molecule has 0 aromatic carbocycles. The molecule has 2 unspecified atom stereocenters. The Kier molecular flexibility index (Phi) is 6.25. The lowest BCUT2D eigenvalue weighted by Crippen LogP contribution is -2.52. The summed E-state index contributed by atoms with van der Waals surface area (Å²) in [7, 11) is 0. The van der Waals surface area contributed by atoms with Gasteiger partial charge in [-0.2, -0.15) is 0 Å². The van der Waals surface area contributed by atoms with Gasteiger partial charge in [-0.1, -0.05) is 25.2 Å². The molecule has 1 saturated heterocycles. The monoisotopic (exact) mass is 421 g/mol. The van der Waals surface area contributed by atoms with Crippen LogP contribution in [0.15, 0.2) is 59.5 Å². The van der Waals surface area contributed by atoms with Gasteiger partial charge in [0, 0.05) is 31.4 Å². The number of nitrogens with zero attached hydrogens (tertiary/aromatic N) is 2. The number of rotatable bonds is 4. The minimum Gasteiger partial charge on any atom is -0.367 e. The normalized spacial score (nSPS) is 28.1. The number of piperidine rings is 1. The van der Waals surface area contributed by atoms with E-state index in [9.17, 15) is 14.4 Å². The van der Waals surface area contributed by atoms with E-state index in [-0.39, 0.29) is 35.3 Å². The van der Waals surface area contributed by atoms with Crippen LogP contribution in [-0.4, -0.2) is 46.7 Å². The standard InChI is InChI=1S/C25H31N3O3/c1-3-18-10-9-17(2)20(12-11-18)23(29)19-7-6-13-27(16-19)24(30)21-15-26-22-8-4-5-14-28(22)25(21)31/h4-5,8-10,14-15,18-19,22,26H,3,6-7,11-13,16H2,1-2H3/t18?,19-,22?/m0/s1. The van der Waals surface area contributed by atoms with E-state index in [4.69, 9.17) is 0 Å². The summed E-state index contributed by atoms with van der Waals surface area (Å²) >= 11 is 0. The first-order valence-electron chi connectivity index (χ1n) is 11.3. The highest BCUT2D eigenvalue weighted by atomic mass is 16.2. The van der Waals surface area contributed by atoms with Crippen molar-refractivity contribution >= 4 is 17.6 Å². The van der Waals surface area contributed by atoms with Crippen molar-refractivity contribution in [2.24, 2.45) is 11.8 Å². The van der Waals surface area contributed by atoms with Crippen LogP contribution in [0.1, 0.15) is 46.0 Å². The number of hydrogen-bond donors (Lipinski definition) is 1. The number of hydrogen-bond acceptors (Lipinski definition) is 4. The highest BCUT2D eigenvalue weighted by Gasteiger charge is 2.37. The van der Waals surface area contributed by atoms with Crippen molar-refractivity contribution in [1.29, 1.82) is 0 Å². The molecule has 6 heteroatoms. The maximum atomic E-state index is 13.4. The highest BCUT2D eigenvalue weighted by Crippen LogP contribution is 2.30. The van der Waals surface area contributed by atoms with Gasteiger partial charge in [-0.3, -0.25) is 19.3 Å². The number of amides is 2. The largest absolute Gasteiger partial charge is 0.367 e. The maximum absolute atomic E-state index is 13.4. The van der Waals surface area contributed by atoms with Crippen LogP contribution >= 0.6 is 0 Å². The molecule has 1 fully saturated rings. The van der Waals surface area contributed by atoms with Crippen LogP contribution in [0.25, 0.3) is 0 Å². The molecule has 6 nitrogen and oxygen atoms in total. The van der Waals surface area contributed by atoms with Crippen LogP contribution in [0.5, 0.6) is 0 Å². The molecule has 3 aliphatic heterocycles. The number of fused-ring (bicyclic) bond motifs is 1. The van der Waals surface area contributed by atoms with E-state index >= 15 is 0 Å². The zero-order chi connectivity index (χ0) is 22.0. The third-order valence-electron chi connectivity index (χ3n) is 6.81. The Hall–Kier alpha value is -2.89. The van der Waals surface area contributed by atoms with Gasteiger partial charge < -0.3 is 10.2 Å². The molecule has 4 rings (SSSR count). The minimum atomic E-state index is -0.305. The third-order valence-corrected chi connectivity index (χ3v) is 6.81. The molecule has 2 amide bonds. The van der Waals surface area contributed by atoms with Gasteiger partial charge in [0.1, 0.15) is 11.7 Å². The van der Waals surface area contributed by atoms with E-state index < -0.39 is 0 Å². The number of carbonyl (C=O) groups is 3. The van der Waals surface area contributed by atoms with Gasteiger partial charge in [-0.05, 0) is 68.2 Å². The van der Waals surface area contributed by atoms with Gasteiger partial charge in [0.15, 0.2) is 5.78 Å². The second kappa shape index (κ2) is 9.08. The smallest absolute Gasteiger partial charge is 0.266 e. The average molecular weight is 422 g/mol. The SMILES string of the molecule is CCC1C=CC(C)=C(C(=O)[C@H]2CCCN(C(=O)C3=CNC4C=CC=CN4C3=O)C2)CC1. The van der Waals surface area contributed by atoms with E-state index in [0.29, 0.717) is 19.0 Å². The number of likely N-dealkylation sites (tertiary alicyclic amines) is 1. The Morgan fingerprint density at radius 1 is 1.19 bits per heavy atom. The highest BCUT2D eigenvalue weighted by molar-refractivity contribution is 6.19. The summed E-state index contributed by atoms with van der Waals surface area (Å²) in [4.78, 5) is 42.6. The molecule has 0 saturated carbocycles. The van der Waals surface area contributed by atoms with Gasteiger partial charge in [0.05, 0.1) is 0 Å². The summed E-state index contributed by atoms with van der Waals surface area (Å²) in [5, 5.41) is 3.11. The molecule has 0 spiro atoms. The molecule has 1 N–H and O–H groups in total. The summed E-state index contributed by atoms with van der Waals surface area (Å²) in [6.45, 7) is 5.14. The lowest BCUT2D eigenvalue weighted by atomic mass is 9.86. The van der Waals surface area contributed by atoms with E-state index in [1.807, 2.05) is 19.1 Å². The average Bonchev–Trinajstić information content (AvgIpc) is 3.00. The summed E-state index contributed by atoms with van der Waals surface area (Å²) in [5.74, 6) is -0.117. The van der Waals surface area contributed by atoms with E-state index in [1.54, 1.807) is 17.2 Å². The summed E-state index contributed by atoms with van der Waals surface area (Å²) < 4.78 is 0. The van der Waals surface area contributed by atoms with Crippen molar-refractivity contribution in [2.75, 3.05) is 13.1 Å². The second-order valence-electron chi connectivity index (χ2n) is 8.79. The first kappa shape index (κ1) is 21.3. The summed E-state index contributed by atoms with van der Waals surface area (Å²) in [5.41, 5.74) is 2.09. The quantitative estimate of drug-likeness (QED) is 0.708. The van der Waals surface area contributed by atoms with Gasteiger partial charge >= 0.3 is 0 Å². The molecule has 31 heavy (non-hydrogen) atoms. The molecule has 164 valence electrons. The molecule has 0 aromatic heterocycles. The number of carbonyl (C=O) groups excluding carboxylic acids is 3. The van der Waals surface area contributed by atoms with Crippen molar-refractivity contribution in [3.8, 4) is 0 Å². The minimum absolute atomic E-state index is 0.128. The second-order valence-corrected chi connectivity index (χ2v) is 8.79. The van der Waals surface area contributed by atoms with E-state index in [2.05, 4.69) is 24.4 Å². The van der Waals surface area contributed by atoms with Gasteiger partial charge in [0.2, 0.25) is 0 Å². The van der Waals surface area contributed by atoms with Crippen molar-refractivity contribution in [1.82, 2.24) is 15.1 Å². The summed E-state index contributed by atoms with van der Waals surface area (Å²) in [6.07, 6.45) is 17.2. The Bertz CT molecular complexity index is 924. The number of nitrogens with one attached hydrogen (secondary N) is 1. The summed E-state index contributed by atoms with van der Waals surface area (Å²) in [6, 6.07) is 0. The third kappa shape index (κ3) is 4.29. The molecule has 4 aliphatic rings. The van der Waals surface area contributed by atoms with Gasteiger partial charge in [-0.25, -0.2) is 0 Å². The molecule has 1 aliphatic carbocycles. The zero-order valence-corrected chi connectivity index (χ0v) is 18.3. The predicted octanol–water partition coefficient (Wildman–Crippen LogP) is 3.21. The Morgan fingerprint density at radius 2 is 2.03 bits per heavy atom. The van der Waals surface area contributed by atoms with Crippen molar-refractivity contribution in [3.05, 3.63) is 59.5 Å². The first-order chi connectivity index (χ1) is 15.0. The maximum Gasteiger partial charge on any atom is 0.266 e. The van der Waals surface area contributed by atoms with Crippen LogP contribution in [0.2, 0.25) is 0 Å². The number of Topliss-reactive ketones (excluding diaryl/α,β-unsaturated/α-hetero) is 1. The number of allylic oxidation sites excluding steroid dienone is 6. The van der Waals surface area contributed by atoms with Crippen molar-refractivity contribution < 1.29 is 14.4 Å². The van der Waals surface area contributed by atoms with Crippen LogP contribution in [-0.2, 0) is 14.4 Å². The molecule has 0 bridgehead atoms. The molecule has 3 atom stereocenters. The lowest BCUT2D eigenvalue weighted by molar-refractivity contribution is -0.136. The molecular weight excluding hydrogens is 390 g/mol. The van der Waals surface area contributed by atoms with E-state index in [0.717, 1.165) is 43.3 Å². The fourth-order valence-corrected chi connectivity index (χ4v) is 4.80. The fraction of sp³-hybridized carbons (Fsp3) is 0.480. The van der Waals surface area contributed by atoms with Crippen molar-refractivity contribution in [3.63, 3.8) is 0 Å². The fourth-order valence-electron chi connectivity index (χ4n) is 4.80. The van der Waals surface area contributed by atoms with Crippen LogP contribution in [0.4, 0.5) is 0 Å².